The molecule has 2 bridgehead atoms. The van der Waals surface area contributed by atoms with Crippen molar-refractivity contribution in [2.24, 2.45) is 0 Å². The van der Waals surface area contributed by atoms with Crippen LogP contribution in [0.25, 0.3) is 10.8 Å². The summed E-state index contributed by atoms with van der Waals surface area (Å²) in [4.78, 5) is 17.1. The first-order valence-corrected chi connectivity index (χ1v) is 13.8. The summed E-state index contributed by atoms with van der Waals surface area (Å²) in [6.45, 7) is 5.16. The maximum atomic E-state index is 10.9. The molecule has 3 saturated heterocycles. The summed E-state index contributed by atoms with van der Waals surface area (Å²) in [5.41, 5.74) is 3.14. The molecule has 8 nitrogen and oxygen atoms in total. The van der Waals surface area contributed by atoms with Crippen molar-refractivity contribution in [3.63, 3.8) is 0 Å². The first-order chi connectivity index (χ1) is 18.1. The number of piperazine rings is 1. The van der Waals surface area contributed by atoms with E-state index in [4.69, 9.17) is 14.7 Å². The van der Waals surface area contributed by atoms with E-state index >= 15 is 0 Å². The van der Waals surface area contributed by atoms with E-state index in [0.717, 1.165) is 67.0 Å². The molecule has 1 aromatic heterocycles. The number of nitrogens with one attached hydrogen (secondary N) is 1. The van der Waals surface area contributed by atoms with Gasteiger partial charge in [-0.2, -0.15) is 9.97 Å². The normalized spacial score (nSPS) is 25.6. The highest BCUT2D eigenvalue weighted by atomic mass is 16.5. The molecule has 0 spiro atoms. The largest absolute Gasteiger partial charge is 0.506 e. The molecule has 2 N–H and O–H groups in total. The van der Waals surface area contributed by atoms with Gasteiger partial charge in [0.05, 0.1) is 17.9 Å². The maximum Gasteiger partial charge on any atom is 0.318 e. The lowest BCUT2D eigenvalue weighted by Gasteiger charge is -2.37. The summed E-state index contributed by atoms with van der Waals surface area (Å²) in [6, 6.07) is 14.0. The van der Waals surface area contributed by atoms with Gasteiger partial charge in [-0.1, -0.05) is 30.3 Å². The van der Waals surface area contributed by atoms with Crippen molar-refractivity contribution in [1.82, 2.24) is 20.2 Å². The number of aromatic hydroxyl groups is 1. The Labute approximate surface area is 218 Å². The Morgan fingerprint density at radius 2 is 1.84 bits per heavy atom. The van der Waals surface area contributed by atoms with Gasteiger partial charge in [-0.25, -0.2) is 0 Å². The van der Waals surface area contributed by atoms with Crippen LogP contribution >= 0.6 is 0 Å². The average molecular weight is 501 g/mol. The number of likely N-dealkylation sites (N-methyl/N-ethyl adjacent to an activating group) is 1. The fourth-order valence-corrected chi connectivity index (χ4v) is 6.81. The van der Waals surface area contributed by atoms with Crippen LogP contribution in [0.15, 0.2) is 36.4 Å². The number of rotatable bonds is 5. The van der Waals surface area contributed by atoms with E-state index in [2.05, 4.69) is 39.2 Å². The van der Waals surface area contributed by atoms with Crippen LogP contribution in [-0.4, -0.2) is 77.9 Å². The fraction of sp³-hybridized carbons (Fsp3) is 0.517. The second kappa shape index (κ2) is 9.33. The summed E-state index contributed by atoms with van der Waals surface area (Å²) in [7, 11) is 2.17. The molecule has 5 heterocycles. The van der Waals surface area contributed by atoms with Gasteiger partial charge in [-0.05, 0) is 57.1 Å². The van der Waals surface area contributed by atoms with E-state index in [-0.39, 0.29) is 0 Å². The minimum Gasteiger partial charge on any atom is -0.506 e. The van der Waals surface area contributed by atoms with Gasteiger partial charge in [-0.3, -0.25) is 0 Å². The lowest BCUT2D eigenvalue weighted by atomic mass is 10.0. The van der Waals surface area contributed by atoms with Crippen LogP contribution in [0.4, 0.5) is 11.5 Å². The van der Waals surface area contributed by atoms with Gasteiger partial charge in [0.15, 0.2) is 0 Å². The number of nitrogens with zero attached hydrogens (tertiary/aromatic N) is 5. The van der Waals surface area contributed by atoms with Gasteiger partial charge in [0, 0.05) is 48.7 Å². The van der Waals surface area contributed by atoms with Gasteiger partial charge < -0.3 is 29.9 Å². The zero-order valence-corrected chi connectivity index (χ0v) is 21.6. The molecule has 4 aliphatic heterocycles. The monoisotopic (exact) mass is 500 g/mol. The summed E-state index contributed by atoms with van der Waals surface area (Å²) in [5, 5.41) is 16.8. The Kier molecular flexibility index (Phi) is 5.81. The number of hydrogen-bond donors (Lipinski definition) is 2. The molecular formula is C29H36N6O2. The van der Waals surface area contributed by atoms with E-state index in [9.17, 15) is 5.11 Å². The number of anilines is 2. The third-order valence-corrected chi connectivity index (χ3v) is 8.81. The molecule has 0 radical (unpaired) electrons. The quantitative estimate of drug-likeness (QED) is 0.553. The van der Waals surface area contributed by atoms with Crippen LogP contribution in [0, 0.1) is 0 Å². The Morgan fingerprint density at radius 3 is 2.65 bits per heavy atom. The second-order valence-electron chi connectivity index (χ2n) is 11.2. The average Bonchev–Trinajstić information content (AvgIpc) is 3.49. The molecule has 3 atom stereocenters. The van der Waals surface area contributed by atoms with Crippen molar-refractivity contribution >= 4 is 22.3 Å². The Hall–Kier alpha value is -3.10. The van der Waals surface area contributed by atoms with Gasteiger partial charge in [0.25, 0.3) is 0 Å². The lowest BCUT2D eigenvalue weighted by Crippen LogP contribution is -2.52. The van der Waals surface area contributed by atoms with Crippen LogP contribution in [0.5, 0.6) is 11.8 Å². The molecule has 4 aliphatic rings. The number of aromatic nitrogens is 2. The summed E-state index contributed by atoms with van der Waals surface area (Å²) >= 11 is 0. The first kappa shape index (κ1) is 23.0. The van der Waals surface area contributed by atoms with Gasteiger partial charge in [0.2, 0.25) is 0 Å². The molecule has 0 saturated carbocycles. The van der Waals surface area contributed by atoms with E-state index in [1.807, 2.05) is 24.3 Å². The number of ether oxygens (including phenoxy) is 1. The van der Waals surface area contributed by atoms with Gasteiger partial charge >= 0.3 is 6.01 Å². The molecule has 194 valence electrons. The summed E-state index contributed by atoms with van der Waals surface area (Å²) in [5.74, 6) is 1.37. The van der Waals surface area contributed by atoms with Crippen molar-refractivity contribution in [2.45, 2.75) is 56.8 Å². The van der Waals surface area contributed by atoms with Crippen molar-refractivity contribution in [3.05, 3.63) is 47.7 Å². The molecule has 8 heteroatoms. The number of fused-ring (bicyclic) bond motifs is 4. The van der Waals surface area contributed by atoms with E-state index in [1.165, 1.54) is 24.8 Å². The maximum absolute atomic E-state index is 10.9. The highest BCUT2D eigenvalue weighted by Gasteiger charge is 2.35. The molecule has 7 rings (SSSR count). The Morgan fingerprint density at radius 1 is 1.00 bits per heavy atom. The number of likely N-dealkylation sites (tertiary alicyclic amines) is 1. The Bertz CT molecular complexity index is 1300. The third-order valence-electron chi connectivity index (χ3n) is 8.81. The zero-order valence-electron chi connectivity index (χ0n) is 21.6. The SMILES string of the molecule is CN1CCCC1COc1nc2c(c(N3C[C@H]4CC[C@@H](C3)N4)n1)CCN(c1c(O)ccc3ccccc13)C2. The molecule has 37 heavy (non-hydrogen) atoms. The topological polar surface area (TPSA) is 77.0 Å². The van der Waals surface area contributed by atoms with E-state index < -0.39 is 0 Å². The van der Waals surface area contributed by atoms with E-state index in [0.29, 0.717) is 43.0 Å². The van der Waals surface area contributed by atoms with Crippen molar-refractivity contribution in [1.29, 1.82) is 0 Å². The van der Waals surface area contributed by atoms with E-state index in [1.54, 1.807) is 0 Å². The summed E-state index contributed by atoms with van der Waals surface area (Å²) < 4.78 is 6.29. The molecule has 0 aliphatic carbocycles. The van der Waals surface area contributed by atoms with Gasteiger partial charge in [-0.15, -0.1) is 0 Å². The summed E-state index contributed by atoms with van der Waals surface area (Å²) in [6.07, 6.45) is 5.69. The lowest BCUT2D eigenvalue weighted by molar-refractivity contribution is 0.187. The van der Waals surface area contributed by atoms with Crippen LogP contribution < -0.4 is 19.9 Å². The molecular weight excluding hydrogens is 464 g/mol. The zero-order chi connectivity index (χ0) is 24.9. The molecule has 3 fully saturated rings. The minimum atomic E-state index is 0.316. The Balaban J connectivity index is 1.24. The number of hydrogen-bond acceptors (Lipinski definition) is 8. The molecule has 1 unspecified atom stereocenters. The number of benzene rings is 2. The third kappa shape index (κ3) is 4.26. The van der Waals surface area contributed by atoms with Crippen molar-refractivity contribution in [3.8, 4) is 11.8 Å². The highest BCUT2D eigenvalue weighted by molar-refractivity contribution is 5.97. The van der Waals surface area contributed by atoms with Crippen molar-refractivity contribution < 1.29 is 9.84 Å². The predicted octanol–water partition coefficient (Wildman–Crippen LogP) is 3.31. The van der Waals surface area contributed by atoms with Gasteiger partial charge in [0.1, 0.15) is 18.2 Å². The first-order valence-electron chi connectivity index (χ1n) is 13.8. The number of phenols is 1. The van der Waals surface area contributed by atoms with Crippen LogP contribution in [0.1, 0.15) is 36.9 Å². The standard InChI is InChI=1S/C29H36N6O2/c1-33-13-4-6-22(33)18-37-29-31-25-17-34(27-23-7-3-2-5-19(23)8-11-26(27)36)14-12-24(25)28(32-29)35-15-20-9-10-21(16-35)30-20/h2-3,5,7-8,11,20-22,30,36H,4,6,9-10,12-18H2,1H3/t20-,21+,22?. The molecule has 2 aromatic carbocycles. The smallest absolute Gasteiger partial charge is 0.318 e. The minimum absolute atomic E-state index is 0.316. The van der Waals surface area contributed by atoms with Crippen molar-refractivity contribution in [2.75, 3.05) is 49.6 Å². The van der Waals surface area contributed by atoms with Crippen LogP contribution in [-0.2, 0) is 13.0 Å². The van der Waals surface area contributed by atoms with Crippen LogP contribution in [0.3, 0.4) is 0 Å². The highest BCUT2D eigenvalue weighted by Crippen LogP contribution is 2.39. The molecule has 3 aromatic rings. The molecule has 0 amide bonds. The fourth-order valence-electron chi connectivity index (χ4n) is 6.81. The predicted molar refractivity (Wildman–Crippen MR) is 146 cm³/mol. The van der Waals surface area contributed by atoms with Crippen LogP contribution in [0.2, 0.25) is 0 Å². The number of phenolic OH excluding ortho intramolecular Hbond substituents is 1. The second-order valence-corrected chi connectivity index (χ2v) is 11.2.